The Hall–Kier alpha value is -3.26. The van der Waals surface area contributed by atoms with Crippen LogP contribution in [0.15, 0.2) is 97.1 Å². The Bertz CT molecular complexity index is 1240. The van der Waals surface area contributed by atoms with Gasteiger partial charge in [-0.15, -0.1) is 0 Å². The van der Waals surface area contributed by atoms with E-state index in [-0.39, 0.29) is 12.1 Å². The molecule has 0 saturated heterocycles. The topological polar surface area (TPSA) is 3.24 Å². The molecule has 0 unspecified atom stereocenters. The fourth-order valence-corrected chi connectivity index (χ4v) is 5.46. The average Bonchev–Trinajstić information content (AvgIpc) is 2.77. The maximum absolute atomic E-state index is 2.44. The predicted molar refractivity (Wildman–Crippen MR) is 124 cm³/mol. The van der Waals surface area contributed by atoms with Gasteiger partial charge in [0.15, 0.2) is 0 Å². The maximum Gasteiger partial charge on any atom is 0.247 e. The summed E-state index contributed by atoms with van der Waals surface area (Å²) in [4.78, 5) is 2.44. The van der Waals surface area contributed by atoms with Gasteiger partial charge in [-0.1, -0.05) is 92.1 Å². The Morgan fingerprint density at radius 1 is 0.586 bits per heavy atom. The second-order valence-electron chi connectivity index (χ2n) is 8.61. The molecule has 0 saturated carbocycles. The first-order valence-electron chi connectivity index (χ1n) is 10.3. The van der Waals surface area contributed by atoms with Crippen molar-refractivity contribution in [3.8, 4) is 0 Å². The van der Waals surface area contributed by atoms with E-state index in [1.165, 1.54) is 44.6 Å². The first-order chi connectivity index (χ1) is 14.2. The minimum absolute atomic E-state index is 0.0208. The molecular formula is C27H22BN. The second kappa shape index (κ2) is 5.87. The van der Waals surface area contributed by atoms with E-state index in [0.29, 0.717) is 0 Å². The van der Waals surface area contributed by atoms with E-state index >= 15 is 0 Å². The molecule has 0 radical (unpaired) electrons. The number of nitrogens with zero attached hydrogens (tertiary/aromatic N) is 1. The molecule has 0 aliphatic carbocycles. The van der Waals surface area contributed by atoms with Gasteiger partial charge in [-0.25, -0.2) is 0 Å². The number of para-hydroxylation sites is 2. The fourth-order valence-electron chi connectivity index (χ4n) is 5.46. The largest absolute Gasteiger partial charge is 0.312 e. The van der Waals surface area contributed by atoms with Crippen LogP contribution in [0.4, 0.5) is 17.1 Å². The van der Waals surface area contributed by atoms with Crippen LogP contribution >= 0.6 is 0 Å². The first-order valence-corrected chi connectivity index (χ1v) is 10.3. The lowest BCUT2D eigenvalue weighted by atomic mass is 9.30. The molecule has 0 aromatic heterocycles. The van der Waals surface area contributed by atoms with Crippen LogP contribution in [0.25, 0.3) is 0 Å². The van der Waals surface area contributed by atoms with Gasteiger partial charge in [-0.05, 0) is 46.3 Å². The third-order valence-corrected chi connectivity index (χ3v) is 6.73. The molecule has 0 amide bonds. The summed E-state index contributed by atoms with van der Waals surface area (Å²) in [5.74, 6) is 0. The van der Waals surface area contributed by atoms with Gasteiger partial charge < -0.3 is 4.90 Å². The highest BCUT2D eigenvalue weighted by Gasteiger charge is 2.45. The lowest BCUT2D eigenvalue weighted by Gasteiger charge is -2.45. The Labute approximate surface area is 172 Å². The van der Waals surface area contributed by atoms with E-state index < -0.39 is 0 Å². The summed E-state index contributed by atoms with van der Waals surface area (Å²) in [6.07, 6.45) is 0. The van der Waals surface area contributed by atoms with Crippen LogP contribution in [0.5, 0.6) is 0 Å². The van der Waals surface area contributed by atoms with Gasteiger partial charge in [0.25, 0.3) is 0 Å². The Morgan fingerprint density at radius 2 is 1.21 bits per heavy atom. The van der Waals surface area contributed by atoms with Gasteiger partial charge in [0, 0.05) is 22.5 Å². The molecule has 2 heteroatoms. The number of hydrogen-bond donors (Lipinski definition) is 0. The van der Waals surface area contributed by atoms with E-state index in [1.54, 1.807) is 0 Å². The molecule has 138 valence electrons. The minimum Gasteiger partial charge on any atom is -0.312 e. The molecule has 2 heterocycles. The van der Waals surface area contributed by atoms with Crippen molar-refractivity contribution in [3.05, 3.63) is 108 Å². The Kier molecular flexibility index (Phi) is 3.38. The third kappa shape index (κ3) is 2.17. The molecule has 2 aliphatic heterocycles. The SMILES string of the molecule is CC1(C)c2ccccc2B2c3ccccc3N(c3ccccc3)c3cccc1c32. The van der Waals surface area contributed by atoms with Crippen LogP contribution in [0, 0.1) is 0 Å². The average molecular weight is 371 g/mol. The molecule has 6 rings (SSSR count). The molecule has 4 aromatic carbocycles. The highest BCUT2D eigenvalue weighted by molar-refractivity contribution is 6.99. The molecule has 29 heavy (non-hydrogen) atoms. The zero-order chi connectivity index (χ0) is 19.6. The second-order valence-corrected chi connectivity index (χ2v) is 8.61. The molecular weight excluding hydrogens is 349 g/mol. The Morgan fingerprint density at radius 3 is 2.03 bits per heavy atom. The van der Waals surface area contributed by atoms with Crippen LogP contribution in [-0.2, 0) is 5.41 Å². The first kappa shape index (κ1) is 16.7. The smallest absolute Gasteiger partial charge is 0.247 e. The summed E-state index contributed by atoms with van der Waals surface area (Å²) in [6, 6.07) is 35.5. The zero-order valence-corrected chi connectivity index (χ0v) is 16.8. The Balaban J connectivity index is 1.74. The van der Waals surface area contributed by atoms with Gasteiger partial charge >= 0.3 is 0 Å². The summed E-state index contributed by atoms with van der Waals surface area (Å²) in [6.45, 7) is 5.01. The lowest BCUT2D eigenvalue weighted by Crippen LogP contribution is -2.64. The summed E-state index contributed by atoms with van der Waals surface area (Å²) in [5, 5.41) is 0. The quantitative estimate of drug-likeness (QED) is 0.389. The molecule has 0 spiro atoms. The third-order valence-electron chi connectivity index (χ3n) is 6.73. The van der Waals surface area contributed by atoms with Crippen molar-refractivity contribution in [3.63, 3.8) is 0 Å². The predicted octanol–water partition coefficient (Wildman–Crippen LogP) is 4.63. The number of rotatable bonds is 1. The molecule has 0 N–H and O–H groups in total. The van der Waals surface area contributed by atoms with E-state index in [4.69, 9.17) is 0 Å². The maximum atomic E-state index is 2.44. The summed E-state index contributed by atoms with van der Waals surface area (Å²) < 4.78 is 0. The van der Waals surface area contributed by atoms with E-state index in [0.717, 1.165) is 0 Å². The molecule has 2 aliphatic rings. The van der Waals surface area contributed by atoms with Crippen molar-refractivity contribution in [1.29, 1.82) is 0 Å². The normalized spacial score (nSPS) is 15.4. The zero-order valence-electron chi connectivity index (χ0n) is 16.8. The summed E-state index contributed by atoms with van der Waals surface area (Å²) in [7, 11) is 0. The van der Waals surface area contributed by atoms with Gasteiger partial charge in [0.05, 0.1) is 0 Å². The van der Waals surface area contributed by atoms with Gasteiger partial charge in [0.1, 0.15) is 0 Å². The summed E-state index contributed by atoms with van der Waals surface area (Å²) in [5.41, 5.74) is 10.9. The number of fused-ring (bicyclic) bond motifs is 4. The van der Waals surface area contributed by atoms with Gasteiger partial charge in [-0.2, -0.15) is 0 Å². The number of benzene rings is 4. The summed E-state index contributed by atoms with van der Waals surface area (Å²) >= 11 is 0. The van der Waals surface area contributed by atoms with Crippen LogP contribution in [-0.4, -0.2) is 6.71 Å². The lowest BCUT2D eigenvalue weighted by molar-refractivity contribution is 0.646. The van der Waals surface area contributed by atoms with Gasteiger partial charge in [-0.3, -0.25) is 0 Å². The highest BCUT2D eigenvalue weighted by atomic mass is 15.1. The molecule has 0 bridgehead atoms. The highest BCUT2D eigenvalue weighted by Crippen LogP contribution is 2.41. The molecule has 0 atom stereocenters. The van der Waals surface area contributed by atoms with Crippen molar-refractivity contribution in [2.45, 2.75) is 19.3 Å². The fraction of sp³-hybridized carbons (Fsp3) is 0.111. The molecule has 4 aromatic rings. The van der Waals surface area contributed by atoms with Crippen molar-refractivity contribution in [1.82, 2.24) is 0 Å². The van der Waals surface area contributed by atoms with Crippen molar-refractivity contribution in [2.24, 2.45) is 0 Å². The van der Waals surface area contributed by atoms with E-state index in [2.05, 4.69) is 116 Å². The van der Waals surface area contributed by atoms with Gasteiger partial charge in [0.2, 0.25) is 6.71 Å². The van der Waals surface area contributed by atoms with Crippen molar-refractivity contribution >= 4 is 40.2 Å². The van der Waals surface area contributed by atoms with Crippen molar-refractivity contribution < 1.29 is 0 Å². The standard InChI is InChI=1S/C27H22BN/c1-27(2)20-13-6-7-15-22(20)28-23-16-8-9-17-24(23)29(19-11-4-3-5-12-19)25-18-10-14-21(27)26(25)28/h3-18H,1-2H3. The minimum atomic E-state index is -0.0208. The van der Waals surface area contributed by atoms with Crippen LogP contribution in [0.3, 0.4) is 0 Å². The monoisotopic (exact) mass is 371 g/mol. The van der Waals surface area contributed by atoms with E-state index in [9.17, 15) is 0 Å². The van der Waals surface area contributed by atoms with Crippen LogP contribution in [0.1, 0.15) is 25.0 Å². The number of anilines is 3. The van der Waals surface area contributed by atoms with Crippen LogP contribution < -0.4 is 21.3 Å². The van der Waals surface area contributed by atoms with E-state index in [1.807, 2.05) is 0 Å². The molecule has 0 fully saturated rings. The molecule has 1 nitrogen and oxygen atoms in total. The van der Waals surface area contributed by atoms with Crippen molar-refractivity contribution in [2.75, 3.05) is 4.90 Å². The number of hydrogen-bond acceptors (Lipinski definition) is 1. The van der Waals surface area contributed by atoms with Crippen LogP contribution in [0.2, 0.25) is 0 Å².